The Kier molecular flexibility index (Phi) is 2.71. The van der Waals surface area contributed by atoms with Gasteiger partial charge < -0.3 is 5.11 Å². The van der Waals surface area contributed by atoms with E-state index in [-0.39, 0.29) is 0 Å². The molecule has 0 aliphatic heterocycles. The topological polar surface area (TPSA) is 33.1 Å². The van der Waals surface area contributed by atoms with E-state index in [1.165, 1.54) is 6.20 Å². The fourth-order valence-electron chi connectivity index (χ4n) is 0.731. The Labute approximate surface area is 74.8 Å². The number of hydrogen-bond donors (Lipinski definition) is 1. The lowest BCUT2D eigenvalue weighted by Crippen LogP contribution is -1.93. The number of aromatic nitrogens is 1. The second-order valence-corrected chi connectivity index (χ2v) is 3.00. The molecule has 4 heteroatoms. The molecule has 0 saturated carbocycles. The van der Waals surface area contributed by atoms with Crippen molar-refractivity contribution in [1.82, 2.24) is 4.98 Å². The van der Waals surface area contributed by atoms with Crippen LogP contribution < -0.4 is 0 Å². The average Bonchev–Trinajstić information content (AvgIpc) is 1.94. The molecule has 0 saturated heterocycles. The van der Waals surface area contributed by atoms with Crippen molar-refractivity contribution in [2.24, 2.45) is 0 Å². The number of rotatable bonds is 1. The van der Waals surface area contributed by atoms with E-state index in [2.05, 4.69) is 4.98 Å². The van der Waals surface area contributed by atoms with Crippen molar-refractivity contribution in [3.05, 3.63) is 28.0 Å². The Hall–Kier alpha value is -0.310. The molecule has 2 nitrogen and oxygen atoms in total. The lowest BCUT2D eigenvalue weighted by molar-refractivity contribution is 0.199. The van der Waals surface area contributed by atoms with Gasteiger partial charge in [-0.3, -0.25) is 0 Å². The Morgan fingerprint density at radius 1 is 1.55 bits per heavy atom. The molecule has 11 heavy (non-hydrogen) atoms. The molecule has 1 N–H and O–H groups in total. The summed E-state index contributed by atoms with van der Waals surface area (Å²) in [5.41, 5.74) is 0.555. The fourth-order valence-corrected chi connectivity index (χ4v) is 1.16. The zero-order chi connectivity index (χ0) is 8.43. The largest absolute Gasteiger partial charge is 0.389 e. The highest BCUT2D eigenvalue weighted by molar-refractivity contribution is 6.32. The first-order valence-corrected chi connectivity index (χ1v) is 3.86. The van der Waals surface area contributed by atoms with E-state index in [1.54, 1.807) is 13.0 Å². The van der Waals surface area contributed by atoms with Gasteiger partial charge in [0.05, 0.1) is 11.1 Å². The molecule has 0 aliphatic rings. The molecule has 0 radical (unpaired) electrons. The van der Waals surface area contributed by atoms with Crippen LogP contribution in [0.4, 0.5) is 0 Å². The van der Waals surface area contributed by atoms with Crippen molar-refractivity contribution < 1.29 is 5.11 Å². The molecule has 1 rings (SSSR count). The van der Waals surface area contributed by atoms with E-state index < -0.39 is 6.10 Å². The molecule has 1 heterocycles. The summed E-state index contributed by atoms with van der Waals surface area (Å²) in [6, 6.07) is 1.60. The van der Waals surface area contributed by atoms with Crippen molar-refractivity contribution in [2.45, 2.75) is 13.0 Å². The van der Waals surface area contributed by atoms with Gasteiger partial charge in [-0.05, 0) is 13.0 Å². The van der Waals surface area contributed by atoms with E-state index in [0.717, 1.165) is 0 Å². The summed E-state index contributed by atoms with van der Waals surface area (Å²) < 4.78 is 0. The maximum absolute atomic E-state index is 9.15. The zero-order valence-electron chi connectivity index (χ0n) is 5.88. The molecule has 60 valence electrons. The third kappa shape index (κ3) is 2.06. The number of aliphatic hydroxyl groups is 1. The lowest BCUT2D eigenvalue weighted by atomic mass is 10.2. The summed E-state index contributed by atoms with van der Waals surface area (Å²) in [5.74, 6) is 0. The SMILES string of the molecule is CC(O)c1cc(Cl)cnc1Cl. The summed E-state index contributed by atoms with van der Waals surface area (Å²) in [7, 11) is 0. The third-order valence-corrected chi connectivity index (χ3v) is 1.81. The normalized spacial score (nSPS) is 13.1. The van der Waals surface area contributed by atoms with Crippen LogP contribution in [-0.2, 0) is 0 Å². The Bertz CT molecular complexity index is 263. The fraction of sp³-hybridized carbons (Fsp3) is 0.286. The summed E-state index contributed by atoms with van der Waals surface area (Å²) >= 11 is 11.3. The van der Waals surface area contributed by atoms with Gasteiger partial charge in [0.25, 0.3) is 0 Å². The van der Waals surface area contributed by atoms with Crippen LogP contribution in [-0.4, -0.2) is 10.1 Å². The van der Waals surface area contributed by atoms with E-state index in [1.807, 2.05) is 0 Å². The molecule has 1 atom stereocenters. The first kappa shape index (κ1) is 8.78. The highest BCUT2D eigenvalue weighted by Crippen LogP contribution is 2.23. The number of hydrogen-bond acceptors (Lipinski definition) is 2. The van der Waals surface area contributed by atoms with Crippen LogP contribution in [0.2, 0.25) is 10.2 Å². The van der Waals surface area contributed by atoms with Crippen molar-refractivity contribution in [3.63, 3.8) is 0 Å². The summed E-state index contributed by atoms with van der Waals surface area (Å²) in [6.07, 6.45) is 0.809. The Morgan fingerprint density at radius 3 is 2.64 bits per heavy atom. The molecule has 0 amide bonds. The third-order valence-electron chi connectivity index (χ3n) is 1.28. The molecular formula is C7H7Cl2NO. The molecule has 0 aliphatic carbocycles. The molecule has 1 aromatic rings. The van der Waals surface area contributed by atoms with Gasteiger partial charge in [0.15, 0.2) is 0 Å². The van der Waals surface area contributed by atoms with E-state index >= 15 is 0 Å². The number of aliphatic hydroxyl groups excluding tert-OH is 1. The first-order chi connectivity index (χ1) is 5.11. The molecular weight excluding hydrogens is 185 g/mol. The van der Waals surface area contributed by atoms with Crippen LogP contribution in [0.5, 0.6) is 0 Å². The number of nitrogens with zero attached hydrogens (tertiary/aromatic N) is 1. The van der Waals surface area contributed by atoms with Crippen LogP contribution in [0.25, 0.3) is 0 Å². The number of halogens is 2. The minimum Gasteiger partial charge on any atom is -0.389 e. The van der Waals surface area contributed by atoms with Gasteiger partial charge >= 0.3 is 0 Å². The summed E-state index contributed by atoms with van der Waals surface area (Å²) in [4.78, 5) is 3.77. The predicted octanol–water partition coefficient (Wildman–Crippen LogP) is 2.44. The highest BCUT2D eigenvalue weighted by Gasteiger charge is 2.07. The van der Waals surface area contributed by atoms with Crippen molar-refractivity contribution in [3.8, 4) is 0 Å². The van der Waals surface area contributed by atoms with Crippen molar-refractivity contribution >= 4 is 23.2 Å². The van der Waals surface area contributed by atoms with Crippen molar-refractivity contribution in [1.29, 1.82) is 0 Å². The van der Waals surface area contributed by atoms with Crippen LogP contribution in [0.1, 0.15) is 18.6 Å². The lowest BCUT2D eigenvalue weighted by Gasteiger charge is -2.05. The summed E-state index contributed by atoms with van der Waals surface area (Å²) in [5, 5.41) is 9.92. The maximum Gasteiger partial charge on any atom is 0.134 e. The first-order valence-electron chi connectivity index (χ1n) is 3.10. The molecule has 0 bridgehead atoms. The standard InChI is InChI=1S/C7H7Cl2NO/c1-4(11)6-2-5(8)3-10-7(6)9/h2-4,11H,1H3. The van der Waals surface area contributed by atoms with Gasteiger partial charge in [0.2, 0.25) is 0 Å². The monoisotopic (exact) mass is 191 g/mol. The minimum absolute atomic E-state index is 0.296. The van der Waals surface area contributed by atoms with Crippen LogP contribution in [0.15, 0.2) is 12.3 Å². The molecule has 1 aromatic heterocycles. The van der Waals surface area contributed by atoms with Crippen molar-refractivity contribution in [2.75, 3.05) is 0 Å². The number of pyridine rings is 1. The van der Waals surface area contributed by atoms with Gasteiger partial charge in [-0.25, -0.2) is 4.98 Å². The van der Waals surface area contributed by atoms with E-state index in [0.29, 0.717) is 15.7 Å². The molecule has 1 unspecified atom stereocenters. The Balaban J connectivity index is 3.13. The Morgan fingerprint density at radius 2 is 2.18 bits per heavy atom. The van der Waals surface area contributed by atoms with Crippen LogP contribution in [0.3, 0.4) is 0 Å². The molecule has 0 spiro atoms. The van der Waals surface area contributed by atoms with Gasteiger partial charge in [0, 0.05) is 11.8 Å². The zero-order valence-corrected chi connectivity index (χ0v) is 7.39. The van der Waals surface area contributed by atoms with Gasteiger partial charge in [-0.15, -0.1) is 0 Å². The second-order valence-electron chi connectivity index (χ2n) is 2.21. The van der Waals surface area contributed by atoms with E-state index in [4.69, 9.17) is 28.3 Å². The predicted molar refractivity (Wildman–Crippen MR) is 44.9 cm³/mol. The minimum atomic E-state index is -0.631. The van der Waals surface area contributed by atoms with Gasteiger partial charge in [-0.2, -0.15) is 0 Å². The average molecular weight is 192 g/mol. The molecule has 0 aromatic carbocycles. The van der Waals surface area contributed by atoms with E-state index in [9.17, 15) is 0 Å². The second kappa shape index (κ2) is 3.39. The molecule has 0 fully saturated rings. The smallest absolute Gasteiger partial charge is 0.134 e. The van der Waals surface area contributed by atoms with Gasteiger partial charge in [0.1, 0.15) is 5.15 Å². The maximum atomic E-state index is 9.15. The summed E-state index contributed by atoms with van der Waals surface area (Å²) in [6.45, 7) is 1.61. The van der Waals surface area contributed by atoms with Gasteiger partial charge in [-0.1, -0.05) is 23.2 Å². The quantitative estimate of drug-likeness (QED) is 0.693. The highest BCUT2D eigenvalue weighted by atomic mass is 35.5. The van der Waals surface area contributed by atoms with Crippen LogP contribution in [0, 0.1) is 0 Å². The van der Waals surface area contributed by atoms with Crippen LogP contribution >= 0.6 is 23.2 Å².